The molecule has 1 heterocycles. The summed E-state index contributed by atoms with van der Waals surface area (Å²) in [7, 11) is 0. The van der Waals surface area contributed by atoms with Crippen LogP contribution in [0, 0.1) is 0 Å². The van der Waals surface area contributed by atoms with Crippen LogP contribution in [0.25, 0.3) is 0 Å². The van der Waals surface area contributed by atoms with Gasteiger partial charge in [0.05, 0.1) is 5.56 Å². The lowest BCUT2D eigenvalue weighted by Gasteiger charge is -2.14. The first kappa shape index (κ1) is 19.3. The fraction of sp³-hybridized carbons (Fsp3) is 0.286. The Morgan fingerprint density at radius 1 is 1.00 bits per heavy atom. The molecular formula is C14H11BrF6N4. The molecule has 0 atom stereocenters. The van der Waals surface area contributed by atoms with Gasteiger partial charge in [-0.05, 0) is 25.1 Å². The van der Waals surface area contributed by atoms with Crippen molar-refractivity contribution < 1.29 is 26.3 Å². The van der Waals surface area contributed by atoms with E-state index in [2.05, 4.69) is 36.5 Å². The van der Waals surface area contributed by atoms with Crippen molar-refractivity contribution in [3.63, 3.8) is 0 Å². The predicted molar refractivity (Wildman–Crippen MR) is 83.6 cm³/mol. The third kappa shape index (κ3) is 4.97. The SMILES string of the molecule is CCNc1nc(Nc2ccc(Br)c(C(F)(F)F)c2)cc(C(F)(F)F)n1. The Labute approximate surface area is 146 Å². The van der Waals surface area contributed by atoms with Crippen LogP contribution < -0.4 is 10.6 Å². The van der Waals surface area contributed by atoms with Crippen LogP contribution in [0.15, 0.2) is 28.7 Å². The summed E-state index contributed by atoms with van der Waals surface area (Å²) in [5, 5.41) is 4.98. The standard InChI is InChI=1S/C14H11BrF6N4/c1-2-22-12-24-10(14(19,20)21)6-11(25-12)23-7-3-4-9(15)8(5-7)13(16,17)18/h3-6H,2H2,1H3,(H2,22,23,24,25). The van der Waals surface area contributed by atoms with Gasteiger partial charge in [-0.15, -0.1) is 0 Å². The van der Waals surface area contributed by atoms with E-state index in [-0.39, 0.29) is 28.5 Å². The molecule has 11 heteroatoms. The van der Waals surface area contributed by atoms with Gasteiger partial charge < -0.3 is 10.6 Å². The molecule has 2 N–H and O–H groups in total. The summed E-state index contributed by atoms with van der Waals surface area (Å²) >= 11 is 2.79. The molecule has 4 nitrogen and oxygen atoms in total. The monoisotopic (exact) mass is 428 g/mol. The van der Waals surface area contributed by atoms with Crippen LogP contribution in [0.2, 0.25) is 0 Å². The molecule has 0 aliphatic carbocycles. The van der Waals surface area contributed by atoms with E-state index in [4.69, 9.17) is 0 Å². The van der Waals surface area contributed by atoms with Gasteiger partial charge in [0.1, 0.15) is 5.82 Å². The van der Waals surface area contributed by atoms with Gasteiger partial charge >= 0.3 is 12.4 Å². The Balaban J connectivity index is 2.41. The van der Waals surface area contributed by atoms with E-state index in [1.807, 2.05) is 0 Å². The van der Waals surface area contributed by atoms with E-state index in [0.29, 0.717) is 6.07 Å². The minimum atomic E-state index is -4.72. The van der Waals surface area contributed by atoms with Crippen molar-refractivity contribution in [3.8, 4) is 0 Å². The highest BCUT2D eigenvalue weighted by atomic mass is 79.9. The number of hydrogen-bond acceptors (Lipinski definition) is 4. The van der Waals surface area contributed by atoms with Gasteiger partial charge in [-0.3, -0.25) is 0 Å². The van der Waals surface area contributed by atoms with Gasteiger partial charge in [0.2, 0.25) is 5.95 Å². The van der Waals surface area contributed by atoms with Crippen molar-refractivity contribution in [2.45, 2.75) is 19.3 Å². The van der Waals surface area contributed by atoms with Crippen molar-refractivity contribution in [2.75, 3.05) is 17.2 Å². The highest BCUT2D eigenvalue weighted by Gasteiger charge is 2.34. The maximum Gasteiger partial charge on any atom is 0.433 e. The molecule has 1 aromatic carbocycles. The molecule has 0 fully saturated rings. The summed E-state index contributed by atoms with van der Waals surface area (Å²) in [6.45, 7) is 1.91. The van der Waals surface area contributed by atoms with Gasteiger partial charge in [-0.1, -0.05) is 15.9 Å². The minimum absolute atomic E-state index is 0.0650. The summed E-state index contributed by atoms with van der Waals surface area (Å²) in [5.41, 5.74) is -2.24. The number of anilines is 3. The molecule has 0 aliphatic heterocycles. The van der Waals surface area contributed by atoms with E-state index in [9.17, 15) is 26.3 Å². The van der Waals surface area contributed by atoms with Crippen LogP contribution in [0.5, 0.6) is 0 Å². The van der Waals surface area contributed by atoms with E-state index in [0.717, 1.165) is 12.1 Å². The Kier molecular flexibility index (Phi) is 5.45. The van der Waals surface area contributed by atoms with Crippen molar-refractivity contribution in [2.24, 2.45) is 0 Å². The van der Waals surface area contributed by atoms with Gasteiger partial charge in [0, 0.05) is 22.8 Å². The van der Waals surface area contributed by atoms with Crippen LogP contribution in [0.4, 0.5) is 43.8 Å². The normalized spacial score (nSPS) is 12.2. The lowest BCUT2D eigenvalue weighted by Crippen LogP contribution is -2.13. The van der Waals surface area contributed by atoms with Crippen LogP contribution in [0.1, 0.15) is 18.2 Å². The molecule has 2 aromatic rings. The number of rotatable bonds is 4. The van der Waals surface area contributed by atoms with Gasteiger partial charge in [-0.2, -0.15) is 31.3 Å². The van der Waals surface area contributed by atoms with Crippen LogP contribution in [-0.2, 0) is 12.4 Å². The molecule has 0 amide bonds. The summed E-state index contributed by atoms with van der Waals surface area (Å²) < 4.78 is 77.2. The zero-order valence-electron chi connectivity index (χ0n) is 12.6. The fourth-order valence-corrected chi connectivity index (χ4v) is 2.33. The van der Waals surface area contributed by atoms with Crippen LogP contribution in [-0.4, -0.2) is 16.5 Å². The second-order valence-corrected chi connectivity index (χ2v) is 5.66. The molecule has 0 unspecified atom stereocenters. The van der Waals surface area contributed by atoms with Crippen molar-refractivity contribution in [1.29, 1.82) is 0 Å². The zero-order chi connectivity index (χ0) is 18.8. The van der Waals surface area contributed by atoms with E-state index < -0.39 is 23.6 Å². The second kappa shape index (κ2) is 7.06. The summed E-state index contributed by atoms with van der Waals surface area (Å²) in [5.74, 6) is -0.568. The molecule has 2 rings (SSSR count). The van der Waals surface area contributed by atoms with E-state index >= 15 is 0 Å². The molecule has 25 heavy (non-hydrogen) atoms. The first-order chi connectivity index (χ1) is 11.5. The number of nitrogens with zero attached hydrogens (tertiary/aromatic N) is 2. The number of hydrogen-bond donors (Lipinski definition) is 2. The smallest absolute Gasteiger partial charge is 0.354 e. The topological polar surface area (TPSA) is 49.8 Å². The molecule has 1 aromatic heterocycles. The number of aromatic nitrogens is 2. The average molecular weight is 429 g/mol. The molecule has 0 bridgehead atoms. The van der Waals surface area contributed by atoms with E-state index in [1.54, 1.807) is 6.92 Å². The Hall–Kier alpha value is -2.04. The molecular weight excluding hydrogens is 418 g/mol. The quantitative estimate of drug-likeness (QED) is 0.635. The summed E-state index contributed by atoms with van der Waals surface area (Å²) in [6.07, 6.45) is -9.34. The highest BCUT2D eigenvalue weighted by molar-refractivity contribution is 9.10. The minimum Gasteiger partial charge on any atom is -0.354 e. The van der Waals surface area contributed by atoms with Gasteiger partial charge in [-0.25, -0.2) is 4.98 Å². The lowest BCUT2D eigenvalue weighted by molar-refractivity contribution is -0.141. The largest absolute Gasteiger partial charge is 0.433 e. The zero-order valence-corrected chi connectivity index (χ0v) is 14.1. The van der Waals surface area contributed by atoms with Crippen LogP contribution in [0.3, 0.4) is 0 Å². The number of nitrogens with one attached hydrogen (secondary N) is 2. The van der Waals surface area contributed by atoms with Crippen molar-refractivity contribution in [1.82, 2.24) is 9.97 Å². The van der Waals surface area contributed by atoms with Gasteiger partial charge in [0.25, 0.3) is 0 Å². The number of benzene rings is 1. The molecule has 136 valence electrons. The molecule has 0 radical (unpaired) electrons. The van der Waals surface area contributed by atoms with Crippen molar-refractivity contribution in [3.05, 3.63) is 40.0 Å². The summed E-state index contributed by atoms with van der Waals surface area (Å²) in [6, 6.07) is 3.81. The molecule has 0 saturated heterocycles. The third-order valence-electron chi connectivity index (χ3n) is 2.90. The van der Waals surface area contributed by atoms with Gasteiger partial charge in [0.15, 0.2) is 5.69 Å². The maximum absolute atomic E-state index is 12.9. The second-order valence-electron chi connectivity index (χ2n) is 4.81. The van der Waals surface area contributed by atoms with E-state index in [1.165, 1.54) is 6.07 Å². The maximum atomic E-state index is 12.9. The Bertz CT molecular complexity index is 760. The number of halogens is 7. The lowest BCUT2D eigenvalue weighted by atomic mass is 10.2. The third-order valence-corrected chi connectivity index (χ3v) is 3.59. The first-order valence-electron chi connectivity index (χ1n) is 6.84. The number of alkyl halides is 6. The average Bonchev–Trinajstić information content (AvgIpc) is 2.47. The fourth-order valence-electron chi connectivity index (χ4n) is 1.86. The Morgan fingerprint density at radius 2 is 1.68 bits per heavy atom. The molecule has 0 spiro atoms. The first-order valence-corrected chi connectivity index (χ1v) is 7.64. The predicted octanol–water partition coefficient (Wildman–Crippen LogP) is 5.45. The molecule has 0 saturated carbocycles. The van der Waals surface area contributed by atoms with Crippen molar-refractivity contribution >= 4 is 33.4 Å². The molecule has 0 aliphatic rings. The summed E-state index contributed by atoms with van der Waals surface area (Å²) in [4.78, 5) is 7.15. The Morgan fingerprint density at radius 3 is 2.24 bits per heavy atom. The van der Waals surface area contributed by atoms with Crippen LogP contribution >= 0.6 is 15.9 Å². The highest BCUT2D eigenvalue weighted by Crippen LogP contribution is 2.37.